The van der Waals surface area contributed by atoms with Gasteiger partial charge < -0.3 is 15.5 Å². The Morgan fingerprint density at radius 1 is 1.29 bits per heavy atom. The quantitative estimate of drug-likeness (QED) is 0.895. The van der Waals surface area contributed by atoms with Gasteiger partial charge in [-0.3, -0.25) is 4.79 Å². The van der Waals surface area contributed by atoms with E-state index in [-0.39, 0.29) is 23.3 Å². The molecule has 2 aliphatic rings. The summed E-state index contributed by atoms with van der Waals surface area (Å²) in [6.07, 6.45) is 5.33. The molecule has 24 heavy (non-hydrogen) atoms. The molecule has 1 unspecified atom stereocenters. The fourth-order valence-electron chi connectivity index (χ4n) is 4.32. The van der Waals surface area contributed by atoms with Crippen LogP contribution in [0, 0.1) is 11.3 Å². The van der Waals surface area contributed by atoms with E-state index in [1.165, 1.54) is 5.56 Å². The van der Waals surface area contributed by atoms with Crippen molar-refractivity contribution in [2.75, 3.05) is 25.5 Å². The number of amides is 3. The van der Waals surface area contributed by atoms with Gasteiger partial charge in [0, 0.05) is 31.2 Å². The molecule has 1 saturated carbocycles. The summed E-state index contributed by atoms with van der Waals surface area (Å²) in [5, 5.41) is 5.78. The molecule has 1 aliphatic heterocycles. The number of benzene rings is 1. The summed E-state index contributed by atoms with van der Waals surface area (Å²) in [5.41, 5.74) is 2.00. The van der Waals surface area contributed by atoms with Crippen molar-refractivity contribution >= 4 is 17.6 Å². The Balaban J connectivity index is 1.72. The zero-order valence-corrected chi connectivity index (χ0v) is 14.6. The number of aryl methyl sites for hydroxylation is 1. The monoisotopic (exact) mass is 329 g/mol. The predicted molar refractivity (Wildman–Crippen MR) is 94.9 cm³/mol. The number of hydrogen-bond donors (Lipinski definition) is 2. The molecule has 0 aromatic heterocycles. The SMILES string of the molecule is CCc1cccc(NC(=O)N2CC(C(=O)NC)C3(CCCC3)C2)c1. The number of carbonyl (C=O) groups is 2. The van der Waals surface area contributed by atoms with E-state index in [0.29, 0.717) is 13.1 Å². The van der Waals surface area contributed by atoms with Gasteiger partial charge in [0.2, 0.25) is 5.91 Å². The maximum atomic E-state index is 12.7. The van der Waals surface area contributed by atoms with Crippen molar-refractivity contribution in [1.29, 1.82) is 0 Å². The number of rotatable bonds is 3. The molecule has 3 rings (SSSR count). The van der Waals surface area contributed by atoms with Crippen LogP contribution in [0.4, 0.5) is 10.5 Å². The third kappa shape index (κ3) is 3.12. The molecule has 1 aliphatic carbocycles. The van der Waals surface area contributed by atoms with E-state index < -0.39 is 0 Å². The Labute approximate surface area is 143 Å². The van der Waals surface area contributed by atoms with Crippen molar-refractivity contribution < 1.29 is 9.59 Å². The van der Waals surface area contributed by atoms with E-state index in [4.69, 9.17) is 0 Å². The summed E-state index contributed by atoms with van der Waals surface area (Å²) >= 11 is 0. The molecule has 0 radical (unpaired) electrons. The first kappa shape index (κ1) is 16.8. The van der Waals surface area contributed by atoms with Crippen LogP contribution >= 0.6 is 0 Å². The van der Waals surface area contributed by atoms with Crippen LogP contribution in [-0.2, 0) is 11.2 Å². The van der Waals surface area contributed by atoms with Gasteiger partial charge >= 0.3 is 6.03 Å². The summed E-state index contributed by atoms with van der Waals surface area (Å²) in [5.74, 6) is -0.0158. The van der Waals surface area contributed by atoms with Crippen LogP contribution in [-0.4, -0.2) is 37.0 Å². The molecule has 2 fully saturated rings. The van der Waals surface area contributed by atoms with Crippen LogP contribution in [0.1, 0.15) is 38.2 Å². The highest BCUT2D eigenvalue weighted by Gasteiger charge is 2.52. The third-order valence-corrected chi connectivity index (χ3v) is 5.68. The van der Waals surface area contributed by atoms with Gasteiger partial charge in [0.25, 0.3) is 0 Å². The Morgan fingerprint density at radius 2 is 2.04 bits per heavy atom. The number of anilines is 1. The van der Waals surface area contributed by atoms with Crippen molar-refractivity contribution in [3.05, 3.63) is 29.8 Å². The molecule has 5 heteroatoms. The first-order chi connectivity index (χ1) is 11.6. The van der Waals surface area contributed by atoms with E-state index in [1.54, 1.807) is 7.05 Å². The van der Waals surface area contributed by atoms with Crippen molar-refractivity contribution in [2.45, 2.75) is 39.0 Å². The molecule has 130 valence electrons. The van der Waals surface area contributed by atoms with Crippen molar-refractivity contribution in [3.8, 4) is 0 Å². The lowest BCUT2D eigenvalue weighted by Crippen LogP contribution is -2.38. The van der Waals surface area contributed by atoms with Crippen molar-refractivity contribution in [1.82, 2.24) is 10.2 Å². The van der Waals surface area contributed by atoms with Gasteiger partial charge in [-0.1, -0.05) is 31.9 Å². The first-order valence-electron chi connectivity index (χ1n) is 8.94. The Kier molecular flexibility index (Phi) is 4.78. The second-order valence-electron chi connectivity index (χ2n) is 7.10. The Morgan fingerprint density at radius 3 is 2.71 bits per heavy atom. The van der Waals surface area contributed by atoms with E-state index in [9.17, 15) is 9.59 Å². The molecule has 1 heterocycles. The topological polar surface area (TPSA) is 61.4 Å². The van der Waals surface area contributed by atoms with E-state index in [1.807, 2.05) is 23.1 Å². The van der Waals surface area contributed by atoms with Crippen LogP contribution < -0.4 is 10.6 Å². The van der Waals surface area contributed by atoms with Gasteiger partial charge in [0.05, 0.1) is 5.92 Å². The zero-order chi connectivity index (χ0) is 17.2. The van der Waals surface area contributed by atoms with Gasteiger partial charge in [0.1, 0.15) is 0 Å². The Bertz CT molecular complexity index is 623. The number of nitrogens with one attached hydrogen (secondary N) is 2. The minimum Gasteiger partial charge on any atom is -0.359 e. The van der Waals surface area contributed by atoms with Crippen LogP contribution in [0.25, 0.3) is 0 Å². The minimum absolute atomic E-state index is 0.0251. The fraction of sp³-hybridized carbons (Fsp3) is 0.579. The van der Waals surface area contributed by atoms with E-state index in [0.717, 1.165) is 37.8 Å². The molecule has 1 spiro atoms. The molecule has 1 atom stereocenters. The highest BCUT2D eigenvalue weighted by atomic mass is 16.2. The van der Waals surface area contributed by atoms with Crippen LogP contribution in [0.2, 0.25) is 0 Å². The number of likely N-dealkylation sites (tertiary alicyclic amines) is 1. The summed E-state index contributed by atoms with van der Waals surface area (Å²) in [6.45, 7) is 3.29. The molecule has 1 aromatic rings. The lowest BCUT2D eigenvalue weighted by atomic mass is 9.76. The van der Waals surface area contributed by atoms with Gasteiger partial charge in [-0.2, -0.15) is 0 Å². The van der Waals surface area contributed by atoms with Crippen LogP contribution in [0.5, 0.6) is 0 Å². The smallest absolute Gasteiger partial charge is 0.321 e. The largest absolute Gasteiger partial charge is 0.359 e. The lowest BCUT2D eigenvalue weighted by molar-refractivity contribution is -0.127. The number of carbonyl (C=O) groups excluding carboxylic acids is 2. The standard InChI is InChI=1S/C19H27N3O2/c1-3-14-7-6-8-15(11-14)21-18(24)22-12-16(17(23)20-2)19(13-22)9-4-5-10-19/h6-8,11,16H,3-5,9-10,12-13H2,1-2H3,(H,20,23)(H,21,24). The van der Waals surface area contributed by atoms with Gasteiger partial charge in [-0.25, -0.2) is 4.79 Å². The molecular weight excluding hydrogens is 302 g/mol. The average Bonchev–Trinajstić information content (AvgIpc) is 3.22. The summed E-state index contributed by atoms with van der Waals surface area (Å²) in [6, 6.07) is 7.84. The maximum absolute atomic E-state index is 12.7. The second kappa shape index (κ2) is 6.83. The normalized spacial score (nSPS) is 21.9. The first-order valence-corrected chi connectivity index (χ1v) is 8.94. The average molecular weight is 329 g/mol. The second-order valence-corrected chi connectivity index (χ2v) is 7.10. The molecule has 1 saturated heterocycles. The molecule has 3 amide bonds. The lowest BCUT2D eigenvalue weighted by Gasteiger charge is -2.28. The number of urea groups is 1. The van der Waals surface area contributed by atoms with Crippen molar-refractivity contribution in [3.63, 3.8) is 0 Å². The van der Waals surface area contributed by atoms with Crippen LogP contribution in [0.15, 0.2) is 24.3 Å². The number of hydrogen-bond acceptors (Lipinski definition) is 2. The summed E-state index contributed by atoms with van der Waals surface area (Å²) in [4.78, 5) is 26.8. The molecular formula is C19H27N3O2. The summed E-state index contributed by atoms with van der Waals surface area (Å²) in [7, 11) is 1.68. The number of nitrogens with zero attached hydrogens (tertiary/aromatic N) is 1. The van der Waals surface area contributed by atoms with Gasteiger partial charge in [-0.15, -0.1) is 0 Å². The molecule has 1 aromatic carbocycles. The molecule has 5 nitrogen and oxygen atoms in total. The van der Waals surface area contributed by atoms with E-state index >= 15 is 0 Å². The van der Waals surface area contributed by atoms with Gasteiger partial charge in [0.15, 0.2) is 0 Å². The fourth-order valence-corrected chi connectivity index (χ4v) is 4.32. The highest BCUT2D eigenvalue weighted by molar-refractivity contribution is 5.91. The minimum atomic E-state index is -0.0964. The highest BCUT2D eigenvalue weighted by Crippen LogP contribution is 2.49. The van der Waals surface area contributed by atoms with Gasteiger partial charge in [-0.05, 0) is 37.0 Å². The van der Waals surface area contributed by atoms with Crippen molar-refractivity contribution in [2.24, 2.45) is 11.3 Å². The predicted octanol–water partition coefficient (Wildman–Crippen LogP) is 3.02. The van der Waals surface area contributed by atoms with Crippen LogP contribution in [0.3, 0.4) is 0 Å². The summed E-state index contributed by atoms with van der Waals surface area (Å²) < 4.78 is 0. The van der Waals surface area contributed by atoms with E-state index in [2.05, 4.69) is 23.6 Å². The maximum Gasteiger partial charge on any atom is 0.321 e. The third-order valence-electron chi connectivity index (χ3n) is 5.68. The zero-order valence-electron chi connectivity index (χ0n) is 14.6. The molecule has 0 bridgehead atoms. The molecule has 2 N–H and O–H groups in total. The Hall–Kier alpha value is -2.04.